The van der Waals surface area contributed by atoms with Crippen LogP contribution in [0.3, 0.4) is 0 Å². The predicted octanol–water partition coefficient (Wildman–Crippen LogP) is 1.36. The number of hydrogen-bond donors (Lipinski definition) is 2. The minimum absolute atomic E-state index is 0.0483. The molecule has 5 nitrogen and oxygen atoms in total. The molecule has 0 unspecified atom stereocenters. The van der Waals surface area contributed by atoms with Gasteiger partial charge in [-0.05, 0) is 58.7 Å². The van der Waals surface area contributed by atoms with Crippen molar-refractivity contribution < 1.29 is 9.90 Å². The zero-order chi connectivity index (χ0) is 16.3. The molecule has 1 aliphatic carbocycles. The van der Waals surface area contributed by atoms with E-state index in [1.807, 2.05) is 0 Å². The molecule has 0 radical (unpaired) electrons. The average molecular weight is 323 g/mol. The summed E-state index contributed by atoms with van der Waals surface area (Å²) in [5.41, 5.74) is -0.723. The van der Waals surface area contributed by atoms with Gasteiger partial charge in [-0.3, -0.25) is 4.79 Å². The number of carbonyl (C=O) groups excluding carboxylic acids is 1. The summed E-state index contributed by atoms with van der Waals surface area (Å²) in [6, 6.07) is 1.04. The Morgan fingerprint density at radius 1 is 1.09 bits per heavy atom. The SMILES string of the molecule is CN1CCC(N2CCC(NC(=O)CC3(O)CCCC3)CC2)CC1. The van der Waals surface area contributed by atoms with Crippen molar-refractivity contribution in [3.8, 4) is 0 Å². The largest absolute Gasteiger partial charge is 0.389 e. The van der Waals surface area contributed by atoms with Gasteiger partial charge in [0, 0.05) is 25.2 Å². The van der Waals surface area contributed by atoms with E-state index in [4.69, 9.17) is 0 Å². The van der Waals surface area contributed by atoms with Gasteiger partial charge in [0.15, 0.2) is 0 Å². The molecule has 0 aromatic rings. The van der Waals surface area contributed by atoms with E-state index in [0.29, 0.717) is 12.5 Å². The van der Waals surface area contributed by atoms with Crippen LogP contribution in [0.4, 0.5) is 0 Å². The highest BCUT2D eigenvalue weighted by Gasteiger charge is 2.34. The van der Waals surface area contributed by atoms with Gasteiger partial charge in [-0.15, -0.1) is 0 Å². The minimum atomic E-state index is -0.723. The number of piperidine rings is 2. The van der Waals surface area contributed by atoms with Crippen molar-refractivity contribution in [2.45, 2.75) is 75.5 Å². The molecule has 0 bridgehead atoms. The lowest BCUT2D eigenvalue weighted by atomic mass is 9.96. The van der Waals surface area contributed by atoms with Crippen LogP contribution in [-0.2, 0) is 4.79 Å². The van der Waals surface area contributed by atoms with E-state index in [-0.39, 0.29) is 5.91 Å². The molecule has 132 valence electrons. The Kier molecular flexibility index (Phi) is 5.60. The van der Waals surface area contributed by atoms with Crippen LogP contribution in [-0.4, -0.2) is 71.7 Å². The first-order valence-corrected chi connectivity index (χ1v) is 9.48. The van der Waals surface area contributed by atoms with Crippen LogP contribution in [0.1, 0.15) is 57.8 Å². The van der Waals surface area contributed by atoms with Crippen molar-refractivity contribution in [2.75, 3.05) is 33.2 Å². The highest BCUT2D eigenvalue weighted by molar-refractivity contribution is 5.77. The molecule has 2 aliphatic heterocycles. The second-order valence-corrected chi connectivity index (χ2v) is 8.02. The van der Waals surface area contributed by atoms with E-state index in [1.165, 1.54) is 25.9 Å². The number of nitrogens with one attached hydrogen (secondary N) is 1. The van der Waals surface area contributed by atoms with Crippen molar-refractivity contribution in [3.63, 3.8) is 0 Å². The quantitative estimate of drug-likeness (QED) is 0.820. The summed E-state index contributed by atoms with van der Waals surface area (Å²) >= 11 is 0. The number of amides is 1. The van der Waals surface area contributed by atoms with E-state index >= 15 is 0 Å². The first-order valence-electron chi connectivity index (χ1n) is 9.48. The van der Waals surface area contributed by atoms with Crippen LogP contribution in [0.25, 0.3) is 0 Å². The third-order valence-corrected chi connectivity index (χ3v) is 6.12. The number of rotatable bonds is 4. The monoisotopic (exact) mass is 323 g/mol. The van der Waals surface area contributed by atoms with Gasteiger partial charge in [0.25, 0.3) is 0 Å². The maximum atomic E-state index is 12.2. The van der Waals surface area contributed by atoms with E-state index in [9.17, 15) is 9.90 Å². The molecular weight excluding hydrogens is 290 g/mol. The number of nitrogens with zero attached hydrogens (tertiary/aromatic N) is 2. The molecule has 0 spiro atoms. The van der Waals surface area contributed by atoms with Crippen molar-refractivity contribution in [1.29, 1.82) is 0 Å². The number of likely N-dealkylation sites (tertiary alicyclic amines) is 2. The summed E-state index contributed by atoms with van der Waals surface area (Å²) in [4.78, 5) is 17.2. The standard InChI is InChI=1S/C18H33N3O2/c1-20-10-6-16(7-11-20)21-12-4-15(5-13-21)19-17(22)14-18(23)8-2-3-9-18/h15-16,23H,2-14H2,1H3,(H,19,22). The van der Waals surface area contributed by atoms with Gasteiger partial charge in [-0.2, -0.15) is 0 Å². The molecule has 23 heavy (non-hydrogen) atoms. The number of aliphatic hydroxyl groups is 1. The Bertz CT molecular complexity index is 393. The Labute approximate surface area is 140 Å². The van der Waals surface area contributed by atoms with Gasteiger partial charge >= 0.3 is 0 Å². The van der Waals surface area contributed by atoms with E-state index in [1.54, 1.807) is 0 Å². The highest BCUT2D eigenvalue weighted by atomic mass is 16.3. The molecule has 3 rings (SSSR count). The van der Waals surface area contributed by atoms with Crippen LogP contribution in [0.5, 0.6) is 0 Å². The van der Waals surface area contributed by atoms with Crippen LogP contribution in [0.15, 0.2) is 0 Å². The second kappa shape index (κ2) is 7.49. The fourth-order valence-electron chi connectivity index (χ4n) is 4.56. The Morgan fingerprint density at radius 3 is 2.30 bits per heavy atom. The normalized spacial score (nSPS) is 28.1. The third kappa shape index (κ3) is 4.68. The van der Waals surface area contributed by atoms with Crippen molar-refractivity contribution >= 4 is 5.91 Å². The van der Waals surface area contributed by atoms with Crippen LogP contribution in [0.2, 0.25) is 0 Å². The predicted molar refractivity (Wildman–Crippen MR) is 91.3 cm³/mol. The second-order valence-electron chi connectivity index (χ2n) is 8.02. The maximum Gasteiger partial charge on any atom is 0.223 e. The van der Waals surface area contributed by atoms with E-state index in [2.05, 4.69) is 22.2 Å². The molecule has 0 aromatic carbocycles. The molecule has 1 amide bonds. The van der Waals surface area contributed by atoms with Crippen LogP contribution >= 0.6 is 0 Å². The Hall–Kier alpha value is -0.650. The molecule has 2 heterocycles. The van der Waals surface area contributed by atoms with Crippen molar-refractivity contribution in [2.24, 2.45) is 0 Å². The van der Waals surface area contributed by atoms with Crippen LogP contribution < -0.4 is 5.32 Å². The minimum Gasteiger partial charge on any atom is -0.389 e. The fourth-order valence-corrected chi connectivity index (χ4v) is 4.56. The van der Waals surface area contributed by atoms with E-state index in [0.717, 1.165) is 57.7 Å². The average Bonchev–Trinajstić information content (AvgIpc) is 2.95. The summed E-state index contributed by atoms with van der Waals surface area (Å²) in [6.07, 6.45) is 8.64. The van der Waals surface area contributed by atoms with Gasteiger partial charge in [0.05, 0.1) is 12.0 Å². The Balaban J connectivity index is 1.38. The molecule has 1 saturated carbocycles. The molecule has 2 saturated heterocycles. The summed E-state index contributed by atoms with van der Waals surface area (Å²) in [6.45, 7) is 4.62. The van der Waals surface area contributed by atoms with Gasteiger partial charge in [0.2, 0.25) is 5.91 Å². The lowest BCUT2D eigenvalue weighted by Crippen LogP contribution is -2.51. The molecule has 5 heteroatoms. The smallest absolute Gasteiger partial charge is 0.223 e. The van der Waals surface area contributed by atoms with Gasteiger partial charge in [-0.25, -0.2) is 0 Å². The molecule has 3 aliphatic rings. The van der Waals surface area contributed by atoms with Crippen molar-refractivity contribution in [1.82, 2.24) is 15.1 Å². The van der Waals surface area contributed by atoms with Gasteiger partial charge in [-0.1, -0.05) is 12.8 Å². The number of carbonyl (C=O) groups is 1. The highest BCUT2D eigenvalue weighted by Crippen LogP contribution is 2.32. The lowest BCUT2D eigenvalue weighted by molar-refractivity contribution is -0.127. The van der Waals surface area contributed by atoms with Gasteiger partial charge in [0.1, 0.15) is 0 Å². The van der Waals surface area contributed by atoms with E-state index < -0.39 is 5.60 Å². The van der Waals surface area contributed by atoms with Crippen LogP contribution in [0, 0.1) is 0 Å². The van der Waals surface area contributed by atoms with Crippen molar-refractivity contribution in [3.05, 3.63) is 0 Å². The first-order chi connectivity index (χ1) is 11.0. The third-order valence-electron chi connectivity index (χ3n) is 6.12. The fraction of sp³-hybridized carbons (Fsp3) is 0.944. The molecule has 0 atom stereocenters. The zero-order valence-electron chi connectivity index (χ0n) is 14.6. The maximum absolute atomic E-state index is 12.2. The zero-order valence-corrected chi connectivity index (χ0v) is 14.6. The molecular formula is C18H33N3O2. The summed E-state index contributed by atoms with van der Waals surface area (Å²) in [7, 11) is 2.20. The topological polar surface area (TPSA) is 55.8 Å². The summed E-state index contributed by atoms with van der Waals surface area (Å²) in [5, 5.41) is 13.5. The Morgan fingerprint density at radius 2 is 1.70 bits per heavy atom. The lowest BCUT2D eigenvalue weighted by Gasteiger charge is -2.41. The van der Waals surface area contributed by atoms with Gasteiger partial charge < -0.3 is 20.2 Å². The summed E-state index contributed by atoms with van der Waals surface area (Å²) in [5.74, 6) is 0.0483. The molecule has 2 N–H and O–H groups in total. The number of hydrogen-bond acceptors (Lipinski definition) is 4. The molecule has 0 aromatic heterocycles. The summed E-state index contributed by atoms with van der Waals surface area (Å²) < 4.78 is 0. The molecule has 3 fully saturated rings. The first kappa shape index (κ1) is 17.2.